The van der Waals surface area contributed by atoms with Gasteiger partial charge in [0.15, 0.2) is 0 Å². The Morgan fingerprint density at radius 2 is 1.87 bits per heavy atom. The van der Waals surface area contributed by atoms with E-state index < -0.39 is 12.2 Å². The van der Waals surface area contributed by atoms with E-state index in [4.69, 9.17) is 0 Å². The lowest BCUT2D eigenvalue weighted by Crippen LogP contribution is -2.37. The van der Waals surface area contributed by atoms with Crippen LogP contribution in [-0.2, 0) is 9.57 Å². The van der Waals surface area contributed by atoms with Crippen molar-refractivity contribution in [1.29, 1.82) is 0 Å². The summed E-state index contributed by atoms with van der Waals surface area (Å²) in [5, 5.41) is 0. The van der Waals surface area contributed by atoms with E-state index >= 15 is 0 Å². The zero-order valence-electron chi connectivity index (χ0n) is 8.56. The van der Waals surface area contributed by atoms with Gasteiger partial charge in [-0.2, -0.15) is 0 Å². The van der Waals surface area contributed by atoms with E-state index in [9.17, 15) is 9.59 Å². The third-order valence-corrected chi connectivity index (χ3v) is 1.36. The molecule has 6 heteroatoms. The van der Waals surface area contributed by atoms with Gasteiger partial charge in [-0.15, -0.1) is 18.6 Å². The van der Waals surface area contributed by atoms with Gasteiger partial charge in [-0.3, -0.25) is 4.90 Å². The van der Waals surface area contributed by atoms with Crippen LogP contribution >= 0.6 is 0 Å². The highest BCUT2D eigenvalue weighted by atomic mass is 16.7. The number of methoxy groups -OCH3 is 1. The summed E-state index contributed by atoms with van der Waals surface area (Å²) < 4.78 is 4.21. The molecule has 0 atom stereocenters. The summed E-state index contributed by atoms with van der Waals surface area (Å²) in [5.41, 5.74) is 1.81. The molecule has 0 aromatic rings. The van der Waals surface area contributed by atoms with E-state index in [-0.39, 0.29) is 0 Å². The van der Waals surface area contributed by atoms with Crippen LogP contribution in [0.3, 0.4) is 0 Å². The molecule has 0 aliphatic rings. The maximum Gasteiger partial charge on any atom is 0.440 e. The molecule has 0 rings (SSSR count). The number of hydroxylamine groups is 1. The number of carbonyl (C=O) groups is 2. The molecule has 2 amide bonds. The van der Waals surface area contributed by atoms with Crippen LogP contribution in [0, 0.1) is 0 Å². The van der Waals surface area contributed by atoms with Gasteiger partial charge >= 0.3 is 12.2 Å². The smallest absolute Gasteiger partial charge is 0.440 e. The van der Waals surface area contributed by atoms with Crippen molar-refractivity contribution in [1.82, 2.24) is 10.4 Å². The first kappa shape index (κ1) is 13.0. The number of hydrogen-bond acceptors (Lipinski definition) is 4. The van der Waals surface area contributed by atoms with Crippen LogP contribution in [0.4, 0.5) is 9.59 Å². The molecule has 0 spiro atoms. The zero-order chi connectivity index (χ0) is 11.7. The Hall–Kier alpha value is -1.98. The molecule has 0 heterocycles. The van der Waals surface area contributed by atoms with Crippen LogP contribution in [0.1, 0.15) is 0 Å². The zero-order valence-corrected chi connectivity index (χ0v) is 8.56. The average Bonchev–Trinajstić information content (AvgIpc) is 2.25. The van der Waals surface area contributed by atoms with Gasteiger partial charge in [0.25, 0.3) is 0 Å². The van der Waals surface area contributed by atoms with Crippen molar-refractivity contribution >= 4 is 12.2 Å². The number of ether oxygens (including phenoxy) is 1. The molecule has 0 aliphatic heterocycles. The minimum atomic E-state index is -0.847. The standard InChI is InChI=1S/C9H14N2O4/c1-4-6-11(7-5-2)9(13)15-10-8(12)14-3/h4-5H,1-2,6-7H2,3H3,(H,10,12). The fourth-order valence-corrected chi connectivity index (χ4v) is 0.727. The van der Waals surface area contributed by atoms with Gasteiger partial charge in [0.05, 0.1) is 7.11 Å². The van der Waals surface area contributed by atoms with Crippen molar-refractivity contribution in [2.45, 2.75) is 0 Å². The number of rotatable bonds is 4. The second kappa shape index (κ2) is 7.43. The van der Waals surface area contributed by atoms with Crippen molar-refractivity contribution in [2.75, 3.05) is 20.2 Å². The van der Waals surface area contributed by atoms with Crippen LogP contribution in [0.5, 0.6) is 0 Å². The van der Waals surface area contributed by atoms with Gasteiger partial charge in [-0.25, -0.2) is 9.59 Å². The molecule has 84 valence electrons. The van der Waals surface area contributed by atoms with E-state index in [0.29, 0.717) is 13.1 Å². The van der Waals surface area contributed by atoms with Crippen molar-refractivity contribution in [3.8, 4) is 0 Å². The van der Waals surface area contributed by atoms with Crippen molar-refractivity contribution in [2.24, 2.45) is 0 Å². The Balaban J connectivity index is 4.06. The number of amides is 2. The van der Waals surface area contributed by atoms with Gasteiger partial charge in [-0.05, 0) is 0 Å². The molecule has 0 unspecified atom stereocenters. The van der Waals surface area contributed by atoms with Gasteiger partial charge in [0, 0.05) is 13.1 Å². The van der Waals surface area contributed by atoms with Gasteiger partial charge in [-0.1, -0.05) is 12.2 Å². The van der Waals surface area contributed by atoms with Crippen molar-refractivity contribution in [3.63, 3.8) is 0 Å². The van der Waals surface area contributed by atoms with Crippen LogP contribution in [0.25, 0.3) is 0 Å². The molecule has 0 bridgehead atoms. The molecule has 0 aromatic carbocycles. The molecule has 6 nitrogen and oxygen atoms in total. The SMILES string of the molecule is C=CCN(CC=C)C(=O)ONC(=O)OC. The maximum absolute atomic E-state index is 11.3. The van der Waals surface area contributed by atoms with Gasteiger partial charge < -0.3 is 9.57 Å². The number of carbonyl (C=O) groups excluding carboxylic acids is 2. The molecule has 0 fully saturated rings. The molecule has 0 saturated heterocycles. The molecule has 0 saturated carbocycles. The topological polar surface area (TPSA) is 67.9 Å². The summed E-state index contributed by atoms with van der Waals surface area (Å²) in [4.78, 5) is 27.6. The van der Waals surface area contributed by atoms with E-state index in [1.165, 1.54) is 17.1 Å². The first-order valence-corrected chi connectivity index (χ1v) is 4.17. The minimum Gasteiger partial charge on any atom is -0.451 e. The second-order valence-corrected chi connectivity index (χ2v) is 2.44. The Morgan fingerprint density at radius 3 is 2.27 bits per heavy atom. The number of nitrogens with zero attached hydrogens (tertiary/aromatic N) is 1. The fourth-order valence-electron chi connectivity index (χ4n) is 0.727. The Bertz CT molecular complexity index is 242. The molecular formula is C9H14N2O4. The third-order valence-electron chi connectivity index (χ3n) is 1.36. The monoisotopic (exact) mass is 214 g/mol. The van der Waals surface area contributed by atoms with Gasteiger partial charge in [0.1, 0.15) is 0 Å². The van der Waals surface area contributed by atoms with E-state index in [2.05, 4.69) is 22.7 Å². The highest BCUT2D eigenvalue weighted by Gasteiger charge is 2.13. The van der Waals surface area contributed by atoms with Crippen LogP contribution in [0.2, 0.25) is 0 Å². The lowest BCUT2D eigenvalue weighted by molar-refractivity contribution is 0.0523. The van der Waals surface area contributed by atoms with Crippen molar-refractivity contribution in [3.05, 3.63) is 25.3 Å². The fraction of sp³-hybridized carbons (Fsp3) is 0.333. The molecule has 0 radical (unpaired) electrons. The molecular weight excluding hydrogens is 200 g/mol. The molecule has 1 N–H and O–H groups in total. The van der Waals surface area contributed by atoms with E-state index in [1.807, 2.05) is 5.48 Å². The highest BCUT2D eigenvalue weighted by Crippen LogP contribution is 1.93. The normalized spacial score (nSPS) is 8.60. The first-order valence-electron chi connectivity index (χ1n) is 4.17. The molecule has 0 aliphatic carbocycles. The maximum atomic E-state index is 11.3. The first-order chi connectivity index (χ1) is 7.15. The summed E-state index contributed by atoms with van der Waals surface area (Å²) in [6.07, 6.45) is 1.51. The quantitative estimate of drug-likeness (QED) is 0.561. The van der Waals surface area contributed by atoms with E-state index in [0.717, 1.165) is 7.11 Å². The summed E-state index contributed by atoms with van der Waals surface area (Å²) in [7, 11) is 1.16. The largest absolute Gasteiger partial charge is 0.451 e. The Labute approximate surface area is 88.1 Å². The molecule has 15 heavy (non-hydrogen) atoms. The van der Waals surface area contributed by atoms with Crippen LogP contribution in [0.15, 0.2) is 25.3 Å². The Morgan fingerprint density at radius 1 is 1.33 bits per heavy atom. The summed E-state index contributed by atoms with van der Waals surface area (Å²) in [5.74, 6) is 0. The lowest BCUT2D eigenvalue weighted by Gasteiger charge is -2.17. The predicted octanol–water partition coefficient (Wildman–Crippen LogP) is 1.07. The Kier molecular flexibility index (Phi) is 6.45. The second-order valence-electron chi connectivity index (χ2n) is 2.44. The van der Waals surface area contributed by atoms with Crippen LogP contribution < -0.4 is 5.48 Å². The van der Waals surface area contributed by atoms with Gasteiger partial charge in [0.2, 0.25) is 0 Å². The lowest BCUT2D eigenvalue weighted by atomic mass is 10.5. The summed E-state index contributed by atoms with van der Waals surface area (Å²) in [6.45, 7) is 7.56. The van der Waals surface area contributed by atoms with E-state index in [1.54, 1.807) is 0 Å². The number of nitrogens with one attached hydrogen (secondary N) is 1. The average molecular weight is 214 g/mol. The third kappa shape index (κ3) is 5.35. The van der Waals surface area contributed by atoms with Crippen LogP contribution in [-0.4, -0.2) is 37.3 Å². The predicted molar refractivity (Wildman–Crippen MR) is 54.0 cm³/mol. The highest BCUT2D eigenvalue weighted by molar-refractivity contribution is 5.72. The summed E-state index contributed by atoms with van der Waals surface area (Å²) in [6, 6.07) is 0. The number of hydrogen-bond donors (Lipinski definition) is 1. The summed E-state index contributed by atoms with van der Waals surface area (Å²) >= 11 is 0. The minimum absolute atomic E-state index is 0.299. The van der Waals surface area contributed by atoms with Crippen molar-refractivity contribution < 1.29 is 19.2 Å². The molecule has 0 aromatic heterocycles.